The van der Waals surface area contributed by atoms with Gasteiger partial charge in [0.05, 0.1) is 18.6 Å². The molecule has 19 heavy (non-hydrogen) atoms. The summed E-state index contributed by atoms with van der Waals surface area (Å²) in [6.45, 7) is 2.48. The lowest BCUT2D eigenvalue weighted by Gasteiger charge is -2.11. The predicted octanol–water partition coefficient (Wildman–Crippen LogP) is 0.224. The van der Waals surface area contributed by atoms with Crippen molar-refractivity contribution in [3.05, 3.63) is 10.6 Å². The lowest BCUT2D eigenvalue weighted by molar-refractivity contribution is 0.0940. The molecule has 0 atom stereocenters. The standard InChI is InChI=1S/C10H17N3O4S2/c1-7-8(9(14)11-5-6-17-3)18-10(12-7)13(2)19(4,15)16/h5-6H2,1-4H3,(H,11,14). The van der Waals surface area contributed by atoms with E-state index >= 15 is 0 Å². The van der Waals surface area contributed by atoms with E-state index in [9.17, 15) is 13.2 Å². The van der Waals surface area contributed by atoms with Gasteiger partial charge in [-0.3, -0.25) is 4.79 Å². The molecule has 0 aliphatic heterocycles. The number of carbonyl (C=O) groups is 1. The third kappa shape index (κ3) is 4.15. The van der Waals surface area contributed by atoms with Crippen molar-refractivity contribution >= 4 is 32.4 Å². The van der Waals surface area contributed by atoms with Gasteiger partial charge in [-0.25, -0.2) is 17.7 Å². The Kier molecular flexibility index (Phi) is 5.27. The second kappa shape index (κ2) is 6.31. The van der Waals surface area contributed by atoms with Crippen LogP contribution in [0.5, 0.6) is 0 Å². The fourth-order valence-electron chi connectivity index (χ4n) is 1.22. The monoisotopic (exact) mass is 307 g/mol. The minimum absolute atomic E-state index is 0.275. The Balaban J connectivity index is 2.88. The molecule has 0 saturated heterocycles. The van der Waals surface area contributed by atoms with E-state index in [1.807, 2.05) is 0 Å². The van der Waals surface area contributed by atoms with Gasteiger partial charge >= 0.3 is 0 Å². The van der Waals surface area contributed by atoms with Crippen LogP contribution in [0.1, 0.15) is 15.4 Å². The van der Waals surface area contributed by atoms with Gasteiger partial charge in [-0.2, -0.15) is 0 Å². The van der Waals surface area contributed by atoms with Crippen molar-refractivity contribution in [1.82, 2.24) is 10.3 Å². The second-order valence-corrected chi connectivity index (χ2v) is 6.88. The van der Waals surface area contributed by atoms with Gasteiger partial charge in [0.2, 0.25) is 10.0 Å². The van der Waals surface area contributed by atoms with Crippen LogP contribution in [-0.4, -0.2) is 52.9 Å². The summed E-state index contributed by atoms with van der Waals surface area (Å²) in [7, 11) is -0.428. The number of aromatic nitrogens is 1. The second-order valence-electron chi connectivity index (χ2n) is 3.89. The highest BCUT2D eigenvalue weighted by Gasteiger charge is 2.21. The first-order chi connectivity index (χ1) is 8.77. The van der Waals surface area contributed by atoms with E-state index in [1.165, 1.54) is 7.05 Å². The average Bonchev–Trinajstić information content (AvgIpc) is 2.69. The molecule has 1 rings (SSSR count). The maximum absolute atomic E-state index is 11.9. The van der Waals surface area contributed by atoms with Crippen molar-refractivity contribution in [3.63, 3.8) is 0 Å². The highest BCUT2D eigenvalue weighted by molar-refractivity contribution is 7.92. The predicted molar refractivity (Wildman–Crippen MR) is 74.3 cm³/mol. The molecule has 1 amide bonds. The summed E-state index contributed by atoms with van der Waals surface area (Å²) >= 11 is 1.04. The van der Waals surface area contributed by atoms with Crippen LogP contribution in [0.15, 0.2) is 0 Å². The highest BCUT2D eigenvalue weighted by atomic mass is 32.2. The van der Waals surface area contributed by atoms with E-state index in [-0.39, 0.29) is 11.0 Å². The molecule has 1 heterocycles. The molecule has 0 saturated carbocycles. The zero-order valence-corrected chi connectivity index (χ0v) is 12.9. The van der Waals surface area contributed by atoms with Gasteiger partial charge in [0.1, 0.15) is 4.88 Å². The van der Waals surface area contributed by atoms with E-state index < -0.39 is 10.0 Å². The topological polar surface area (TPSA) is 88.6 Å². The van der Waals surface area contributed by atoms with Crippen LogP contribution in [0.2, 0.25) is 0 Å². The minimum atomic E-state index is -3.38. The van der Waals surface area contributed by atoms with E-state index in [1.54, 1.807) is 14.0 Å². The zero-order chi connectivity index (χ0) is 14.6. The van der Waals surface area contributed by atoms with Crippen LogP contribution in [0.4, 0.5) is 5.13 Å². The van der Waals surface area contributed by atoms with Crippen LogP contribution in [0.3, 0.4) is 0 Å². The molecule has 0 bridgehead atoms. The van der Waals surface area contributed by atoms with E-state index in [0.717, 1.165) is 21.9 Å². The molecule has 1 aromatic heterocycles. The summed E-state index contributed by atoms with van der Waals surface area (Å²) < 4.78 is 28.7. The number of anilines is 1. The minimum Gasteiger partial charge on any atom is -0.383 e. The molecule has 0 aromatic carbocycles. The van der Waals surface area contributed by atoms with Crippen molar-refractivity contribution in [2.24, 2.45) is 0 Å². The van der Waals surface area contributed by atoms with Gasteiger partial charge in [-0.1, -0.05) is 11.3 Å². The van der Waals surface area contributed by atoms with Crippen LogP contribution in [-0.2, 0) is 14.8 Å². The number of nitrogens with zero attached hydrogens (tertiary/aromatic N) is 2. The number of carbonyl (C=O) groups excluding carboxylic acids is 1. The first-order valence-corrected chi connectivity index (χ1v) is 8.12. The van der Waals surface area contributed by atoms with Gasteiger partial charge in [-0.15, -0.1) is 0 Å². The van der Waals surface area contributed by atoms with Crippen molar-refractivity contribution < 1.29 is 17.9 Å². The maximum atomic E-state index is 11.9. The smallest absolute Gasteiger partial charge is 0.263 e. The molecule has 7 nitrogen and oxygen atoms in total. The molecule has 0 unspecified atom stereocenters. The quantitative estimate of drug-likeness (QED) is 0.760. The summed E-state index contributed by atoms with van der Waals surface area (Å²) in [5.74, 6) is -0.278. The SMILES string of the molecule is COCCNC(=O)c1sc(N(C)S(C)(=O)=O)nc1C. The first-order valence-electron chi connectivity index (χ1n) is 5.46. The number of amides is 1. The Labute approximate surface area is 116 Å². The summed E-state index contributed by atoms with van der Waals surface area (Å²) in [6, 6.07) is 0. The summed E-state index contributed by atoms with van der Waals surface area (Å²) in [5.41, 5.74) is 0.505. The molecular formula is C10H17N3O4S2. The van der Waals surface area contributed by atoms with Crippen molar-refractivity contribution in [1.29, 1.82) is 0 Å². The van der Waals surface area contributed by atoms with E-state index in [0.29, 0.717) is 23.7 Å². The van der Waals surface area contributed by atoms with Crippen molar-refractivity contribution in [2.45, 2.75) is 6.92 Å². The Hall–Kier alpha value is -1.19. The molecule has 0 fully saturated rings. The van der Waals surface area contributed by atoms with Gasteiger partial charge < -0.3 is 10.1 Å². The molecular weight excluding hydrogens is 290 g/mol. The Morgan fingerprint density at radius 3 is 2.68 bits per heavy atom. The number of hydrogen-bond donors (Lipinski definition) is 1. The van der Waals surface area contributed by atoms with Crippen LogP contribution in [0, 0.1) is 6.92 Å². The number of sulfonamides is 1. The zero-order valence-electron chi connectivity index (χ0n) is 11.3. The molecule has 0 aliphatic carbocycles. The summed E-state index contributed by atoms with van der Waals surface area (Å²) in [5, 5.41) is 2.95. The average molecular weight is 307 g/mol. The maximum Gasteiger partial charge on any atom is 0.263 e. The Bertz CT molecular complexity index is 553. The molecule has 0 radical (unpaired) electrons. The fraction of sp³-hybridized carbons (Fsp3) is 0.600. The number of aryl methyl sites for hydroxylation is 1. The lowest BCUT2D eigenvalue weighted by atomic mass is 10.4. The van der Waals surface area contributed by atoms with Crippen molar-refractivity contribution in [2.75, 3.05) is 37.9 Å². The Morgan fingerprint density at radius 2 is 2.16 bits per heavy atom. The molecule has 9 heteroatoms. The number of ether oxygens (including phenoxy) is 1. The van der Waals surface area contributed by atoms with Crippen LogP contribution < -0.4 is 9.62 Å². The number of methoxy groups -OCH3 is 1. The van der Waals surface area contributed by atoms with E-state index in [4.69, 9.17) is 4.74 Å². The number of hydrogen-bond acceptors (Lipinski definition) is 6. The molecule has 108 valence electrons. The van der Waals surface area contributed by atoms with E-state index in [2.05, 4.69) is 10.3 Å². The fourth-order valence-corrected chi connectivity index (χ4v) is 2.91. The molecule has 0 aliphatic rings. The molecule has 1 aromatic rings. The summed E-state index contributed by atoms with van der Waals surface area (Å²) in [6.07, 6.45) is 1.09. The third-order valence-corrected chi connectivity index (χ3v) is 4.87. The normalized spacial score (nSPS) is 11.4. The van der Waals surface area contributed by atoms with Gasteiger partial charge in [-0.05, 0) is 6.92 Å². The van der Waals surface area contributed by atoms with Crippen molar-refractivity contribution in [3.8, 4) is 0 Å². The van der Waals surface area contributed by atoms with Gasteiger partial charge in [0, 0.05) is 20.7 Å². The van der Waals surface area contributed by atoms with Crippen LogP contribution >= 0.6 is 11.3 Å². The van der Waals surface area contributed by atoms with Crippen LogP contribution in [0.25, 0.3) is 0 Å². The van der Waals surface area contributed by atoms with Gasteiger partial charge in [0.15, 0.2) is 5.13 Å². The van der Waals surface area contributed by atoms with Gasteiger partial charge in [0.25, 0.3) is 5.91 Å². The largest absolute Gasteiger partial charge is 0.383 e. The Morgan fingerprint density at radius 1 is 1.53 bits per heavy atom. The first kappa shape index (κ1) is 15.9. The number of rotatable bonds is 6. The lowest BCUT2D eigenvalue weighted by Crippen LogP contribution is -2.26. The summed E-state index contributed by atoms with van der Waals surface area (Å²) in [4.78, 5) is 16.4. The third-order valence-electron chi connectivity index (χ3n) is 2.35. The molecule has 1 N–H and O–H groups in total. The highest BCUT2D eigenvalue weighted by Crippen LogP contribution is 2.26. The number of nitrogens with one attached hydrogen (secondary N) is 1. The molecule has 0 spiro atoms. The number of thiazole rings is 1.